The molecule has 0 radical (unpaired) electrons. The molecule has 3 aromatic rings. The van der Waals surface area contributed by atoms with Crippen molar-refractivity contribution in [3.8, 4) is 26.9 Å². The van der Waals surface area contributed by atoms with E-state index in [9.17, 15) is 4.79 Å². The van der Waals surface area contributed by atoms with Gasteiger partial charge in [0.25, 0.3) is 0 Å². The fourth-order valence-corrected chi connectivity index (χ4v) is 2.65. The first kappa shape index (κ1) is 17.1. The fourth-order valence-electron chi connectivity index (χ4n) is 2.22. The van der Waals surface area contributed by atoms with E-state index in [-0.39, 0.29) is 12.2 Å². The van der Waals surface area contributed by atoms with Crippen LogP contribution in [-0.2, 0) is 6.54 Å². The second-order valence-corrected chi connectivity index (χ2v) is 6.27. The van der Waals surface area contributed by atoms with E-state index in [1.54, 1.807) is 36.4 Å². The number of hydrogen-bond acceptors (Lipinski definition) is 2. The van der Waals surface area contributed by atoms with Crippen LogP contribution in [0.2, 0.25) is 10.0 Å². The molecule has 0 aliphatic heterocycles. The summed E-state index contributed by atoms with van der Waals surface area (Å²) < 4.78 is 5.62. The van der Waals surface area contributed by atoms with Crippen LogP contribution in [-0.4, -0.2) is 14.3 Å². The standard InChI is InChI=1S/C17H10Cl2IN3O/c18-13-4-2-12(3-5-13)16-21-22(11-1-10-20)17(24)23(16)15-8-6-14(19)7-9-15/h2-9H,11H2. The van der Waals surface area contributed by atoms with Crippen molar-refractivity contribution in [3.63, 3.8) is 0 Å². The van der Waals surface area contributed by atoms with E-state index in [1.807, 2.05) is 34.7 Å². The number of halogens is 3. The Morgan fingerprint density at radius 3 is 2.17 bits per heavy atom. The maximum atomic E-state index is 12.8. The van der Waals surface area contributed by atoms with Crippen molar-refractivity contribution in [2.24, 2.45) is 0 Å². The Hall–Kier alpha value is -1.75. The van der Waals surface area contributed by atoms with Crippen molar-refractivity contribution in [2.75, 3.05) is 0 Å². The van der Waals surface area contributed by atoms with Gasteiger partial charge in [-0.2, -0.15) is 0 Å². The molecular weight excluding hydrogens is 460 g/mol. The average molecular weight is 470 g/mol. The predicted molar refractivity (Wildman–Crippen MR) is 105 cm³/mol. The highest BCUT2D eigenvalue weighted by molar-refractivity contribution is 14.1. The molecule has 24 heavy (non-hydrogen) atoms. The lowest BCUT2D eigenvalue weighted by Gasteiger charge is -2.06. The van der Waals surface area contributed by atoms with Crippen LogP contribution in [0.3, 0.4) is 0 Å². The zero-order valence-electron chi connectivity index (χ0n) is 12.2. The highest BCUT2D eigenvalue weighted by Crippen LogP contribution is 2.22. The molecule has 1 heterocycles. The molecule has 0 atom stereocenters. The molecule has 0 unspecified atom stereocenters. The zero-order valence-corrected chi connectivity index (χ0v) is 15.9. The Kier molecular flexibility index (Phi) is 5.29. The maximum absolute atomic E-state index is 12.8. The summed E-state index contributed by atoms with van der Waals surface area (Å²) in [7, 11) is 0. The Balaban J connectivity index is 2.22. The van der Waals surface area contributed by atoms with Crippen LogP contribution in [0.1, 0.15) is 0 Å². The van der Waals surface area contributed by atoms with Crippen LogP contribution in [0.15, 0.2) is 53.3 Å². The number of hydrogen-bond donors (Lipinski definition) is 0. The lowest BCUT2D eigenvalue weighted by molar-refractivity contribution is 0.680. The van der Waals surface area contributed by atoms with Crippen LogP contribution in [0.4, 0.5) is 0 Å². The third-order valence-corrected chi connectivity index (χ3v) is 4.21. The van der Waals surface area contributed by atoms with Gasteiger partial charge in [-0.15, -0.1) is 5.10 Å². The van der Waals surface area contributed by atoms with Gasteiger partial charge in [0.2, 0.25) is 0 Å². The fraction of sp³-hybridized carbons (Fsp3) is 0.0588. The summed E-state index contributed by atoms with van der Waals surface area (Å²) in [6, 6.07) is 14.2. The minimum Gasteiger partial charge on any atom is -0.246 e. The third kappa shape index (κ3) is 3.51. The predicted octanol–water partition coefficient (Wildman–Crippen LogP) is 4.40. The van der Waals surface area contributed by atoms with Crippen molar-refractivity contribution in [3.05, 3.63) is 69.1 Å². The molecular formula is C17H10Cl2IN3O. The van der Waals surface area contributed by atoms with Crippen LogP contribution in [0, 0.1) is 9.85 Å². The molecule has 1 aromatic heterocycles. The van der Waals surface area contributed by atoms with E-state index in [1.165, 1.54) is 9.25 Å². The van der Waals surface area contributed by atoms with Crippen LogP contribution in [0.5, 0.6) is 0 Å². The second kappa shape index (κ2) is 7.43. The molecule has 0 bridgehead atoms. The normalized spacial score (nSPS) is 10.3. The van der Waals surface area contributed by atoms with Gasteiger partial charge in [0, 0.05) is 38.2 Å². The van der Waals surface area contributed by atoms with E-state index in [0.29, 0.717) is 21.6 Å². The minimum absolute atomic E-state index is 0.225. The lowest BCUT2D eigenvalue weighted by atomic mass is 10.2. The van der Waals surface area contributed by atoms with Crippen LogP contribution < -0.4 is 5.69 Å². The van der Waals surface area contributed by atoms with Crippen LogP contribution >= 0.6 is 45.8 Å². The number of nitrogens with zero attached hydrogens (tertiary/aromatic N) is 3. The van der Waals surface area contributed by atoms with E-state index in [2.05, 4.69) is 14.9 Å². The van der Waals surface area contributed by atoms with Gasteiger partial charge in [-0.05, 0) is 52.5 Å². The summed E-state index contributed by atoms with van der Waals surface area (Å²) in [6.45, 7) is 0.225. The third-order valence-electron chi connectivity index (χ3n) is 3.32. The molecule has 0 fully saturated rings. The second-order valence-electron chi connectivity index (χ2n) is 4.85. The topological polar surface area (TPSA) is 39.8 Å². The quantitative estimate of drug-likeness (QED) is 0.421. The summed E-state index contributed by atoms with van der Waals surface area (Å²) >= 11 is 13.8. The minimum atomic E-state index is -0.263. The Labute approximate surface area is 162 Å². The molecule has 7 heteroatoms. The summed E-state index contributed by atoms with van der Waals surface area (Å²) in [5.74, 6) is 3.37. The first-order chi connectivity index (χ1) is 11.6. The SMILES string of the molecule is O=c1n(CC#CI)nc(-c2ccc(Cl)cc2)n1-c1ccc(Cl)cc1. The molecule has 0 saturated carbocycles. The van der Waals surface area contributed by atoms with E-state index in [4.69, 9.17) is 23.2 Å². The molecule has 3 rings (SSSR count). The summed E-state index contributed by atoms with van der Waals surface area (Å²) in [4.78, 5) is 12.8. The first-order valence-corrected chi connectivity index (χ1v) is 8.74. The summed E-state index contributed by atoms with van der Waals surface area (Å²) in [5, 5.41) is 5.65. The molecule has 2 aromatic carbocycles. The van der Waals surface area contributed by atoms with Crippen molar-refractivity contribution in [1.82, 2.24) is 14.3 Å². The lowest BCUT2D eigenvalue weighted by Crippen LogP contribution is -2.23. The Morgan fingerprint density at radius 2 is 1.58 bits per heavy atom. The molecule has 0 aliphatic rings. The summed E-state index contributed by atoms with van der Waals surface area (Å²) in [6.07, 6.45) is 0. The van der Waals surface area contributed by atoms with Gasteiger partial charge in [0.1, 0.15) is 6.54 Å². The van der Waals surface area contributed by atoms with Gasteiger partial charge < -0.3 is 0 Å². The number of benzene rings is 2. The molecule has 0 aliphatic carbocycles. The number of aromatic nitrogens is 3. The van der Waals surface area contributed by atoms with E-state index in [0.717, 1.165) is 5.56 Å². The summed E-state index contributed by atoms with van der Waals surface area (Å²) in [5.41, 5.74) is 1.21. The van der Waals surface area contributed by atoms with Gasteiger partial charge in [0.15, 0.2) is 5.82 Å². The Morgan fingerprint density at radius 1 is 1.00 bits per heavy atom. The van der Waals surface area contributed by atoms with Crippen molar-refractivity contribution in [1.29, 1.82) is 0 Å². The highest BCUT2D eigenvalue weighted by atomic mass is 127. The molecule has 0 amide bonds. The highest BCUT2D eigenvalue weighted by Gasteiger charge is 2.16. The van der Waals surface area contributed by atoms with Gasteiger partial charge in [-0.25, -0.2) is 14.0 Å². The smallest absolute Gasteiger partial charge is 0.246 e. The molecule has 120 valence electrons. The van der Waals surface area contributed by atoms with Gasteiger partial charge >= 0.3 is 5.69 Å². The van der Waals surface area contributed by atoms with Crippen molar-refractivity contribution < 1.29 is 0 Å². The molecule has 4 nitrogen and oxygen atoms in total. The maximum Gasteiger partial charge on any atom is 0.351 e. The largest absolute Gasteiger partial charge is 0.351 e. The molecule has 0 saturated heterocycles. The van der Waals surface area contributed by atoms with Crippen molar-refractivity contribution >= 4 is 45.8 Å². The van der Waals surface area contributed by atoms with E-state index >= 15 is 0 Å². The number of rotatable bonds is 3. The van der Waals surface area contributed by atoms with Crippen molar-refractivity contribution in [2.45, 2.75) is 6.54 Å². The van der Waals surface area contributed by atoms with E-state index < -0.39 is 0 Å². The molecule has 0 spiro atoms. The average Bonchev–Trinajstić information content (AvgIpc) is 2.91. The zero-order chi connectivity index (χ0) is 17.1. The first-order valence-electron chi connectivity index (χ1n) is 6.90. The van der Waals surface area contributed by atoms with Gasteiger partial charge in [-0.3, -0.25) is 0 Å². The molecule has 0 N–H and O–H groups in total. The van der Waals surface area contributed by atoms with Gasteiger partial charge in [-0.1, -0.05) is 29.1 Å². The van der Waals surface area contributed by atoms with Crippen LogP contribution in [0.25, 0.3) is 17.1 Å². The van der Waals surface area contributed by atoms with Gasteiger partial charge in [0.05, 0.1) is 5.69 Å². The monoisotopic (exact) mass is 469 g/mol. The Bertz CT molecular complexity index is 980.